The summed E-state index contributed by atoms with van der Waals surface area (Å²) in [6.45, 7) is 2.10. The van der Waals surface area contributed by atoms with Gasteiger partial charge in [0.2, 0.25) is 0 Å². The number of hydrogen-bond donors (Lipinski definition) is 2. The van der Waals surface area contributed by atoms with Crippen LogP contribution in [0, 0.1) is 6.92 Å². The van der Waals surface area contributed by atoms with E-state index in [4.69, 9.17) is 0 Å². The molecule has 3 rings (SSSR count). The maximum atomic E-state index is 11.3. The summed E-state index contributed by atoms with van der Waals surface area (Å²) in [6, 6.07) is -0.757. The van der Waals surface area contributed by atoms with Gasteiger partial charge in [0.1, 0.15) is 23.0 Å². The number of aryl methyl sites for hydroxylation is 1. The van der Waals surface area contributed by atoms with Gasteiger partial charge in [-0.25, -0.2) is 14.8 Å². The van der Waals surface area contributed by atoms with E-state index in [2.05, 4.69) is 14.3 Å². The third kappa shape index (κ3) is 1.92. The Labute approximate surface area is 112 Å². The largest absolute Gasteiger partial charge is 0.480 e. The van der Waals surface area contributed by atoms with Crippen molar-refractivity contribution in [2.24, 2.45) is 0 Å². The number of aliphatic hydroxyl groups is 1. The number of aliphatic carboxylic acids is 1. The molecule has 0 saturated carbocycles. The molecule has 2 aromatic rings. The first-order valence-electron chi connectivity index (χ1n) is 5.82. The van der Waals surface area contributed by atoms with Crippen molar-refractivity contribution in [1.82, 2.24) is 14.3 Å². The Morgan fingerprint density at radius 2 is 2.32 bits per heavy atom. The maximum Gasteiger partial charge on any atom is 0.326 e. The molecule has 0 amide bonds. The van der Waals surface area contributed by atoms with Crippen LogP contribution in [0.15, 0.2) is 6.33 Å². The minimum absolute atomic E-state index is 0.206. The standard InChI is InChI=1S/C11H12N4O3S/c1-5-8-9(12-4-13-10(8)19-14-5)15-3-6(16)2-7(15)11(17)18/h4,6-7,16H,2-3H2,1H3,(H,17,18). The Balaban J connectivity index is 2.13. The van der Waals surface area contributed by atoms with Crippen LogP contribution in [0.2, 0.25) is 0 Å². The normalized spacial score (nSPS) is 23.2. The van der Waals surface area contributed by atoms with Crippen LogP contribution in [0.1, 0.15) is 12.1 Å². The molecule has 0 bridgehead atoms. The van der Waals surface area contributed by atoms with Gasteiger partial charge in [-0.1, -0.05) is 0 Å². The van der Waals surface area contributed by atoms with Gasteiger partial charge < -0.3 is 15.1 Å². The van der Waals surface area contributed by atoms with E-state index in [1.807, 2.05) is 6.92 Å². The number of aliphatic hydroxyl groups excluding tert-OH is 1. The van der Waals surface area contributed by atoms with E-state index >= 15 is 0 Å². The molecule has 2 unspecified atom stereocenters. The second-order valence-corrected chi connectivity index (χ2v) is 5.29. The second kappa shape index (κ2) is 4.39. The van der Waals surface area contributed by atoms with E-state index in [-0.39, 0.29) is 13.0 Å². The van der Waals surface area contributed by atoms with Crippen molar-refractivity contribution in [3.8, 4) is 0 Å². The molecule has 7 nitrogen and oxygen atoms in total. The number of hydrogen-bond acceptors (Lipinski definition) is 7. The number of fused-ring (bicyclic) bond motifs is 1. The lowest BCUT2D eigenvalue weighted by atomic mass is 10.2. The number of carbonyl (C=O) groups is 1. The fraction of sp³-hybridized carbons (Fsp3) is 0.455. The van der Waals surface area contributed by atoms with Gasteiger partial charge >= 0.3 is 5.97 Å². The van der Waals surface area contributed by atoms with Crippen molar-refractivity contribution in [3.05, 3.63) is 12.0 Å². The van der Waals surface area contributed by atoms with Gasteiger partial charge in [-0.3, -0.25) is 0 Å². The number of nitrogens with zero attached hydrogens (tertiary/aromatic N) is 4. The predicted molar refractivity (Wildman–Crippen MR) is 69.3 cm³/mol. The van der Waals surface area contributed by atoms with Crippen molar-refractivity contribution in [2.45, 2.75) is 25.5 Å². The van der Waals surface area contributed by atoms with Crippen LogP contribution in [0.5, 0.6) is 0 Å². The molecule has 1 saturated heterocycles. The number of β-amino-alcohol motifs (C(OH)–C–C–N with tert-alkyl or cyclic N) is 1. The summed E-state index contributed by atoms with van der Waals surface area (Å²) in [6.07, 6.45) is 0.953. The lowest BCUT2D eigenvalue weighted by molar-refractivity contribution is -0.138. The Morgan fingerprint density at radius 1 is 1.53 bits per heavy atom. The van der Waals surface area contributed by atoms with E-state index < -0.39 is 18.1 Å². The average molecular weight is 280 g/mol. The molecule has 0 aliphatic carbocycles. The van der Waals surface area contributed by atoms with Crippen molar-refractivity contribution >= 4 is 33.5 Å². The molecular weight excluding hydrogens is 268 g/mol. The number of rotatable bonds is 2. The average Bonchev–Trinajstić information content (AvgIpc) is 2.93. The predicted octanol–water partition coefficient (Wildman–Crippen LogP) is 0.419. The van der Waals surface area contributed by atoms with Crippen LogP contribution < -0.4 is 4.90 Å². The van der Waals surface area contributed by atoms with Crippen LogP contribution in [0.25, 0.3) is 10.2 Å². The first-order valence-corrected chi connectivity index (χ1v) is 6.59. The molecule has 0 aromatic carbocycles. The summed E-state index contributed by atoms with van der Waals surface area (Å²) in [4.78, 5) is 22.0. The highest BCUT2D eigenvalue weighted by atomic mass is 32.1. The lowest BCUT2D eigenvalue weighted by Crippen LogP contribution is -2.36. The van der Waals surface area contributed by atoms with Crippen molar-refractivity contribution in [3.63, 3.8) is 0 Å². The van der Waals surface area contributed by atoms with Crippen molar-refractivity contribution in [1.29, 1.82) is 0 Å². The van der Waals surface area contributed by atoms with Gasteiger partial charge in [0, 0.05) is 13.0 Å². The molecule has 3 heterocycles. The van der Waals surface area contributed by atoms with Gasteiger partial charge in [-0.15, -0.1) is 0 Å². The van der Waals surface area contributed by atoms with Crippen LogP contribution in [-0.4, -0.2) is 49.2 Å². The monoisotopic (exact) mass is 280 g/mol. The van der Waals surface area contributed by atoms with Crippen LogP contribution in [0.3, 0.4) is 0 Å². The van der Waals surface area contributed by atoms with E-state index in [0.29, 0.717) is 5.82 Å². The number of carboxylic acids is 1. The quantitative estimate of drug-likeness (QED) is 0.822. The van der Waals surface area contributed by atoms with Gasteiger partial charge in [0.15, 0.2) is 0 Å². The molecule has 1 fully saturated rings. The zero-order chi connectivity index (χ0) is 13.6. The van der Waals surface area contributed by atoms with E-state index in [0.717, 1.165) is 15.9 Å². The van der Waals surface area contributed by atoms with Crippen LogP contribution >= 0.6 is 11.5 Å². The molecule has 1 aliphatic heterocycles. The Hall–Kier alpha value is -1.80. The highest BCUT2D eigenvalue weighted by molar-refractivity contribution is 7.13. The Morgan fingerprint density at radius 3 is 3.05 bits per heavy atom. The summed E-state index contributed by atoms with van der Waals surface area (Å²) in [5.41, 5.74) is 0.779. The highest BCUT2D eigenvalue weighted by Crippen LogP contribution is 2.32. The topological polar surface area (TPSA) is 99.4 Å². The highest BCUT2D eigenvalue weighted by Gasteiger charge is 2.38. The van der Waals surface area contributed by atoms with Crippen molar-refractivity contribution in [2.75, 3.05) is 11.4 Å². The van der Waals surface area contributed by atoms with Gasteiger partial charge in [-0.05, 0) is 18.5 Å². The molecule has 2 aromatic heterocycles. The third-order valence-corrected chi connectivity index (χ3v) is 4.11. The molecule has 0 spiro atoms. The summed E-state index contributed by atoms with van der Waals surface area (Å²) in [5, 5.41) is 19.7. The fourth-order valence-corrected chi connectivity index (χ4v) is 3.14. The molecule has 19 heavy (non-hydrogen) atoms. The summed E-state index contributed by atoms with van der Waals surface area (Å²) < 4.78 is 4.22. The van der Waals surface area contributed by atoms with Gasteiger partial charge in [0.05, 0.1) is 17.2 Å². The third-order valence-electron chi connectivity index (χ3n) is 3.26. The number of anilines is 1. The smallest absolute Gasteiger partial charge is 0.326 e. The van der Waals surface area contributed by atoms with Crippen molar-refractivity contribution < 1.29 is 15.0 Å². The van der Waals surface area contributed by atoms with E-state index in [1.54, 1.807) is 4.90 Å². The van der Waals surface area contributed by atoms with E-state index in [1.165, 1.54) is 17.9 Å². The first kappa shape index (κ1) is 12.2. The summed E-state index contributed by atoms with van der Waals surface area (Å²) >= 11 is 1.26. The van der Waals surface area contributed by atoms with E-state index in [9.17, 15) is 15.0 Å². The molecule has 100 valence electrons. The minimum atomic E-state index is -0.954. The maximum absolute atomic E-state index is 11.3. The summed E-state index contributed by atoms with van der Waals surface area (Å²) in [5.74, 6) is -0.413. The Kier molecular flexibility index (Phi) is 2.83. The molecule has 8 heteroatoms. The molecule has 1 aliphatic rings. The molecule has 2 atom stereocenters. The van der Waals surface area contributed by atoms with Crippen LogP contribution in [0.4, 0.5) is 5.82 Å². The molecule has 2 N–H and O–H groups in total. The number of aromatic nitrogens is 3. The SMILES string of the molecule is Cc1nsc2ncnc(N3CC(O)CC3C(=O)O)c12. The molecular formula is C11H12N4O3S. The van der Waals surface area contributed by atoms with Crippen LogP contribution in [-0.2, 0) is 4.79 Å². The second-order valence-electron chi connectivity index (χ2n) is 4.54. The zero-order valence-electron chi connectivity index (χ0n) is 10.1. The molecule has 0 radical (unpaired) electrons. The minimum Gasteiger partial charge on any atom is -0.480 e. The summed E-state index contributed by atoms with van der Waals surface area (Å²) in [7, 11) is 0. The first-order chi connectivity index (χ1) is 9.08. The zero-order valence-corrected chi connectivity index (χ0v) is 11.0. The Bertz CT molecular complexity index is 644. The van der Waals surface area contributed by atoms with Gasteiger partial charge in [-0.2, -0.15) is 4.37 Å². The lowest BCUT2D eigenvalue weighted by Gasteiger charge is -2.22. The number of carboxylic acid groups (broad SMARTS) is 1. The van der Waals surface area contributed by atoms with Gasteiger partial charge in [0.25, 0.3) is 0 Å². The fourth-order valence-electron chi connectivity index (χ4n) is 2.40.